The van der Waals surface area contributed by atoms with Gasteiger partial charge in [0.1, 0.15) is 0 Å². The van der Waals surface area contributed by atoms with Crippen molar-refractivity contribution in [3.63, 3.8) is 0 Å². The van der Waals surface area contributed by atoms with Crippen molar-refractivity contribution in [3.8, 4) is 11.8 Å². The zero-order chi connectivity index (χ0) is 23.4. The first kappa shape index (κ1) is 22.3. The molecule has 2 N–H and O–H groups in total. The number of aromatic nitrogens is 1. The molecule has 5 nitrogen and oxygen atoms in total. The molecule has 0 aliphatic carbocycles. The van der Waals surface area contributed by atoms with Gasteiger partial charge in [-0.2, -0.15) is 0 Å². The van der Waals surface area contributed by atoms with Gasteiger partial charge in [-0.15, -0.1) is 0 Å². The molecule has 0 aliphatic rings. The van der Waals surface area contributed by atoms with E-state index in [1.54, 1.807) is 24.4 Å². The molecule has 6 heteroatoms. The molecule has 0 bridgehead atoms. The van der Waals surface area contributed by atoms with Crippen LogP contribution in [-0.4, -0.2) is 16.8 Å². The van der Waals surface area contributed by atoms with Gasteiger partial charge in [-0.3, -0.25) is 25.4 Å². The van der Waals surface area contributed by atoms with Crippen LogP contribution in [0, 0.1) is 25.7 Å². The number of hydrazine groups is 1. The molecule has 0 saturated heterocycles. The van der Waals surface area contributed by atoms with Crippen LogP contribution in [0.3, 0.4) is 0 Å². The molecular formula is C27H20BrN3O2. The zero-order valence-electron chi connectivity index (χ0n) is 18.1. The quantitative estimate of drug-likeness (QED) is 0.299. The number of nitrogens with zero attached hydrogens (tertiary/aromatic N) is 1. The number of hydrogen-bond acceptors (Lipinski definition) is 3. The molecule has 4 rings (SSSR count). The number of rotatable bonds is 2. The summed E-state index contributed by atoms with van der Waals surface area (Å²) in [6, 6.07) is 20.5. The van der Waals surface area contributed by atoms with E-state index in [1.165, 1.54) is 0 Å². The Labute approximate surface area is 200 Å². The molecule has 1 aromatic heterocycles. The normalized spacial score (nSPS) is 10.3. The summed E-state index contributed by atoms with van der Waals surface area (Å²) < 4.78 is 0.658. The Morgan fingerprint density at radius 1 is 0.848 bits per heavy atom. The van der Waals surface area contributed by atoms with Gasteiger partial charge in [0.15, 0.2) is 0 Å². The molecule has 0 atom stereocenters. The minimum absolute atomic E-state index is 0.394. The van der Waals surface area contributed by atoms with Crippen LogP contribution in [0.15, 0.2) is 77.4 Å². The monoisotopic (exact) mass is 497 g/mol. The number of para-hydroxylation sites is 1. The lowest BCUT2D eigenvalue weighted by molar-refractivity contribution is 0.0846. The lowest BCUT2D eigenvalue weighted by Crippen LogP contribution is -2.42. The highest BCUT2D eigenvalue weighted by Crippen LogP contribution is 2.20. The maximum Gasteiger partial charge on any atom is 0.271 e. The van der Waals surface area contributed by atoms with E-state index >= 15 is 0 Å². The number of hydrogen-bond donors (Lipinski definition) is 2. The van der Waals surface area contributed by atoms with Gasteiger partial charge < -0.3 is 0 Å². The third-order valence-electron chi connectivity index (χ3n) is 5.17. The summed E-state index contributed by atoms with van der Waals surface area (Å²) in [7, 11) is 0. The first-order valence-electron chi connectivity index (χ1n) is 10.3. The Hall–Kier alpha value is -3.95. The summed E-state index contributed by atoms with van der Waals surface area (Å²) in [5.74, 6) is 5.43. The standard InChI is InChI=1S/C27H20BrN3O2/c1-17-10-12-22(26(32)30-31-27(33)25-18(2)6-5-8-23(25)28)15-20(17)13-11-19-14-21-7-3-4-9-24(21)29-16-19/h3-10,12,14-16H,1-2H3,(H,30,32)(H,31,33). The van der Waals surface area contributed by atoms with E-state index in [0.717, 1.165) is 33.2 Å². The molecule has 0 unspecified atom stereocenters. The van der Waals surface area contributed by atoms with E-state index < -0.39 is 11.8 Å². The van der Waals surface area contributed by atoms with Crippen LogP contribution in [0.4, 0.5) is 0 Å². The van der Waals surface area contributed by atoms with Crippen molar-refractivity contribution in [2.24, 2.45) is 0 Å². The third kappa shape index (κ3) is 5.11. The predicted octanol–water partition coefficient (Wildman–Crippen LogP) is 5.09. The number of aryl methyl sites for hydroxylation is 2. The lowest BCUT2D eigenvalue weighted by atomic mass is 10.0. The Bertz CT molecular complexity index is 1430. The Morgan fingerprint density at radius 3 is 2.45 bits per heavy atom. The van der Waals surface area contributed by atoms with Crippen molar-refractivity contribution in [3.05, 3.63) is 111 Å². The first-order valence-corrected chi connectivity index (χ1v) is 11.0. The first-order chi connectivity index (χ1) is 15.9. The summed E-state index contributed by atoms with van der Waals surface area (Å²) in [4.78, 5) is 29.6. The minimum atomic E-state index is -0.427. The number of carbonyl (C=O) groups excluding carboxylic acids is 2. The van der Waals surface area contributed by atoms with Crippen molar-refractivity contribution in [2.75, 3.05) is 0 Å². The second-order valence-corrected chi connectivity index (χ2v) is 8.39. The fourth-order valence-corrected chi connectivity index (χ4v) is 3.99. The minimum Gasteiger partial charge on any atom is -0.267 e. The second kappa shape index (κ2) is 9.68. The third-order valence-corrected chi connectivity index (χ3v) is 5.83. The van der Waals surface area contributed by atoms with Gasteiger partial charge in [-0.1, -0.05) is 48.2 Å². The highest BCUT2D eigenvalue weighted by Gasteiger charge is 2.14. The average Bonchev–Trinajstić information content (AvgIpc) is 2.81. The fourth-order valence-electron chi connectivity index (χ4n) is 3.34. The van der Waals surface area contributed by atoms with E-state index in [4.69, 9.17) is 0 Å². The van der Waals surface area contributed by atoms with E-state index in [1.807, 2.05) is 62.4 Å². The summed E-state index contributed by atoms with van der Waals surface area (Å²) >= 11 is 3.37. The van der Waals surface area contributed by atoms with Crippen LogP contribution in [-0.2, 0) is 0 Å². The molecule has 0 aliphatic heterocycles. The number of carbonyl (C=O) groups is 2. The van der Waals surface area contributed by atoms with Crippen molar-refractivity contribution in [2.45, 2.75) is 13.8 Å². The molecule has 0 spiro atoms. The van der Waals surface area contributed by atoms with Crippen LogP contribution in [0.5, 0.6) is 0 Å². The van der Waals surface area contributed by atoms with Crippen molar-refractivity contribution >= 4 is 38.6 Å². The van der Waals surface area contributed by atoms with Crippen LogP contribution in [0.25, 0.3) is 10.9 Å². The predicted molar refractivity (Wildman–Crippen MR) is 133 cm³/mol. The summed E-state index contributed by atoms with van der Waals surface area (Å²) in [6.45, 7) is 3.76. The van der Waals surface area contributed by atoms with Crippen molar-refractivity contribution in [1.82, 2.24) is 15.8 Å². The van der Waals surface area contributed by atoms with Gasteiger partial charge in [0.25, 0.3) is 11.8 Å². The van der Waals surface area contributed by atoms with Gasteiger partial charge in [-0.25, -0.2) is 0 Å². The van der Waals surface area contributed by atoms with Crippen LogP contribution >= 0.6 is 15.9 Å². The van der Waals surface area contributed by atoms with E-state index in [2.05, 4.69) is 43.6 Å². The maximum atomic E-state index is 12.6. The molecule has 3 aromatic carbocycles. The molecule has 0 saturated carbocycles. The Morgan fingerprint density at radius 2 is 1.64 bits per heavy atom. The smallest absolute Gasteiger partial charge is 0.267 e. The molecular weight excluding hydrogens is 478 g/mol. The number of benzene rings is 3. The molecule has 0 radical (unpaired) electrons. The summed E-state index contributed by atoms with van der Waals surface area (Å²) in [5, 5.41) is 1.02. The number of amides is 2. The summed E-state index contributed by atoms with van der Waals surface area (Å²) in [6.07, 6.45) is 1.74. The second-order valence-electron chi connectivity index (χ2n) is 7.54. The number of fused-ring (bicyclic) bond motifs is 1. The molecule has 2 amide bonds. The number of halogens is 1. The zero-order valence-corrected chi connectivity index (χ0v) is 19.7. The van der Waals surface area contributed by atoms with Crippen LogP contribution in [0.2, 0.25) is 0 Å². The van der Waals surface area contributed by atoms with Gasteiger partial charge in [0, 0.05) is 32.7 Å². The highest BCUT2D eigenvalue weighted by atomic mass is 79.9. The van der Waals surface area contributed by atoms with Gasteiger partial charge >= 0.3 is 0 Å². The molecule has 33 heavy (non-hydrogen) atoms. The summed E-state index contributed by atoms with van der Waals surface area (Å²) in [5.41, 5.74) is 9.99. The molecule has 162 valence electrons. The van der Waals surface area contributed by atoms with Gasteiger partial charge in [0.2, 0.25) is 0 Å². The maximum absolute atomic E-state index is 12.6. The van der Waals surface area contributed by atoms with Gasteiger partial charge in [-0.05, 0) is 71.2 Å². The topological polar surface area (TPSA) is 71.1 Å². The number of pyridine rings is 1. The lowest BCUT2D eigenvalue weighted by Gasteiger charge is -2.11. The fraction of sp³-hybridized carbons (Fsp3) is 0.0741. The number of nitrogens with one attached hydrogen (secondary N) is 2. The van der Waals surface area contributed by atoms with Crippen molar-refractivity contribution in [1.29, 1.82) is 0 Å². The SMILES string of the molecule is Cc1ccc(C(=O)NNC(=O)c2c(C)cccc2Br)cc1C#Cc1cnc2ccccc2c1. The largest absolute Gasteiger partial charge is 0.271 e. The highest BCUT2D eigenvalue weighted by molar-refractivity contribution is 9.10. The average molecular weight is 498 g/mol. The molecule has 1 heterocycles. The van der Waals surface area contributed by atoms with Crippen LogP contribution in [0.1, 0.15) is 43.0 Å². The van der Waals surface area contributed by atoms with Gasteiger partial charge in [0.05, 0.1) is 11.1 Å². The molecule has 4 aromatic rings. The Balaban J connectivity index is 1.50. The van der Waals surface area contributed by atoms with Crippen molar-refractivity contribution < 1.29 is 9.59 Å². The van der Waals surface area contributed by atoms with E-state index in [9.17, 15) is 9.59 Å². The van der Waals surface area contributed by atoms with Crippen LogP contribution < -0.4 is 10.9 Å². The van der Waals surface area contributed by atoms with E-state index in [0.29, 0.717) is 15.6 Å². The molecule has 0 fully saturated rings. The van der Waals surface area contributed by atoms with E-state index in [-0.39, 0.29) is 0 Å². The Kier molecular flexibility index (Phi) is 6.53.